The van der Waals surface area contributed by atoms with Crippen molar-refractivity contribution < 1.29 is 9.90 Å². The Morgan fingerprint density at radius 1 is 1.30 bits per heavy atom. The molecular formula is C16H16N4O2S. The molecule has 0 bridgehead atoms. The Morgan fingerprint density at radius 2 is 2.13 bits per heavy atom. The Kier molecular flexibility index (Phi) is 3.59. The van der Waals surface area contributed by atoms with E-state index < -0.39 is 0 Å². The van der Waals surface area contributed by atoms with Gasteiger partial charge in [-0.15, -0.1) is 11.3 Å². The second-order valence-electron chi connectivity index (χ2n) is 5.88. The molecular weight excluding hydrogens is 312 g/mol. The molecule has 2 aromatic heterocycles. The number of thiophene rings is 1. The number of aliphatic hydroxyl groups excluding tert-OH is 1. The van der Waals surface area contributed by atoms with E-state index in [4.69, 9.17) is 0 Å². The molecule has 1 amide bonds. The average molecular weight is 328 g/mol. The highest BCUT2D eigenvalue weighted by atomic mass is 32.1. The summed E-state index contributed by atoms with van der Waals surface area (Å²) in [7, 11) is 0. The van der Waals surface area contributed by atoms with Gasteiger partial charge in [-0.05, 0) is 48.4 Å². The van der Waals surface area contributed by atoms with E-state index in [1.54, 1.807) is 29.5 Å². The van der Waals surface area contributed by atoms with Crippen LogP contribution in [0.25, 0.3) is 11.0 Å². The SMILES string of the molecule is O=C(N[C@H](c1cccs1)C1CC(O)C1)c1ccc2n[nH]nc2c1. The number of carbonyl (C=O) groups is 1. The molecule has 1 aliphatic rings. The number of aromatic amines is 1. The van der Waals surface area contributed by atoms with Crippen LogP contribution in [0.5, 0.6) is 0 Å². The number of amides is 1. The molecule has 6 nitrogen and oxygen atoms in total. The van der Waals surface area contributed by atoms with Gasteiger partial charge in [0, 0.05) is 10.4 Å². The van der Waals surface area contributed by atoms with Crippen molar-refractivity contribution in [2.45, 2.75) is 25.0 Å². The largest absolute Gasteiger partial charge is 0.393 e. The third-order valence-corrected chi connectivity index (χ3v) is 5.29. The molecule has 3 N–H and O–H groups in total. The number of hydrogen-bond acceptors (Lipinski definition) is 5. The summed E-state index contributed by atoms with van der Waals surface area (Å²) in [6, 6.07) is 9.22. The number of benzene rings is 1. The van der Waals surface area contributed by atoms with E-state index in [2.05, 4.69) is 20.7 Å². The molecule has 3 aromatic rings. The van der Waals surface area contributed by atoms with Gasteiger partial charge in [-0.1, -0.05) is 6.07 Å². The van der Waals surface area contributed by atoms with Crippen molar-refractivity contribution in [1.82, 2.24) is 20.7 Å². The predicted molar refractivity (Wildman–Crippen MR) is 87.1 cm³/mol. The van der Waals surface area contributed by atoms with E-state index in [1.807, 2.05) is 17.5 Å². The number of nitrogens with zero attached hydrogens (tertiary/aromatic N) is 2. The molecule has 4 rings (SSSR count). The summed E-state index contributed by atoms with van der Waals surface area (Å²) in [6.07, 6.45) is 1.21. The average Bonchev–Trinajstić information content (AvgIpc) is 3.19. The first-order valence-corrected chi connectivity index (χ1v) is 8.41. The molecule has 23 heavy (non-hydrogen) atoms. The van der Waals surface area contributed by atoms with Gasteiger partial charge >= 0.3 is 0 Å². The van der Waals surface area contributed by atoms with E-state index in [1.165, 1.54) is 0 Å². The summed E-state index contributed by atoms with van der Waals surface area (Å²) in [5, 5.41) is 25.3. The summed E-state index contributed by atoms with van der Waals surface area (Å²) >= 11 is 1.63. The van der Waals surface area contributed by atoms with Gasteiger partial charge in [0.2, 0.25) is 0 Å². The molecule has 0 aliphatic heterocycles. The van der Waals surface area contributed by atoms with Crippen LogP contribution in [0.4, 0.5) is 0 Å². The summed E-state index contributed by atoms with van der Waals surface area (Å²) in [5.74, 6) is 0.151. The van der Waals surface area contributed by atoms with Gasteiger partial charge in [0.05, 0.1) is 12.1 Å². The normalized spacial score (nSPS) is 21.8. The van der Waals surface area contributed by atoms with Crippen LogP contribution in [0.1, 0.15) is 34.1 Å². The van der Waals surface area contributed by atoms with Crippen molar-refractivity contribution in [3.8, 4) is 0 Å². The molecule has 0 spiro atoms. The number of H-pyrrole nitrogens is 1. The number of aliphatic hydroxyl groups is 1. The van der Waals surface area contributed by atoms with Crippen LogP contribution in [0.3, 0.4) is 0 Å². The molecule has 1 atom stereocenters. The fourth-order valence-corrected chi connectivity index (χ4v) is 3.87. The summed E-state index contributed by atoms with van der Waals surface area (Å²) in [6.45, 7) is 0. The maximum atomic E-state index is 12.6. The smallest absolute Gasteiger partial charge is 0.251 e. The van der Waals surface area contributed by atoms with Gasteiger partial charge in [-0.2, -0.15) is 15.4 Å². The van der Waals surface area contributed by atoms with E-state index in [0.717, 1.165) is 23.2 Å². The van der Waals surface area contributed by atoms with E-state index in [0.29, 0.717) is 11.1 Å². The Morgan fingerprint density at radius 3 is 2.87 bits per heavy atom. The van der Waals surface area contributed by atoms with E-state index >= 15 is 0 Å². The third kappa shape index (κ3) is 2.73. The van der Waals surface area contributed by atoms with Crippen LogP contribution in [-0.2, 0) is 0 Å². The van der Waals surface area contributed by atoms with Crippen LogP contribution in [0.15, 0.2) is 35.7 Å². The monoisotopic (exact) mass is 328 g/mol. The standard InChI is InChI=1S/C16H16N4O2S/c21-11-6-10(7-11)15(14-2-1-5-23-14)17-16(22)9-3-4-12-13(8-9)19-20-18-12/h1-5,8,10-11,15,21H,6-7H2,(H,17,22)(H,18,19,20)/t10?,11?,15-/m0/s1. The second kappa shape index (κ2) is 5.75. The lowest BCUT2D eigenvalue weighted by Crippen LogP contribution is -2.41. The fourth-order valence-electron chi connectivity index (χ4n) is 3.00. The maximum Gasteiger partial charge on any atom is 0.251 e. The molecule has 1 saturated carbocycles. The highest BCUT2D eigenvalue weighted by Crippen LogP contribution is 2.39. The van der Waals surface area contributed by atoms with Crippen molar-refractivity contribution in [3.05, 3.63) is 46.2 Å². The van der Waals surface area contributed by atoms with Crippen molar-refractivity contribution in [2.24, 2.45) is 5.92 Å². The Balaban J connectivity index is 1.56. The van der Waals surface area contributed by atoms with Gasteiger partial charge in [0.25, 0.3) is 5.91 Å². The van der Waals surface area contributed by atoms with Crippen LogP contribution < -0.4 is 5.32 Å². The highest BCUT2D eigenvalue weighted by molar-refractivity contribution is 7.10. The van der Waals surface area contributed by atoms with Crippen LogP contribution >= 0.6 is 11.3 Å². The second-order valence-corrected chi connectivity index (χ2v) is 6.86. The molecule has 2 heterocycles. The van der Waals surface area contributed by atoms with Gasteiger partial charge in [-0.3, -0.25) is 4.79 Å². The molecule has 1 fully saturated rings. The molecule has 118 valence electrons. The molecule has 1 aliphatic carbocycles. The van der Waals surface area contributed by atoms with Crippen molar-refractivity contribution >= 4 is 28.3 Å². The molecule has 1 aromatic carbocycles. The number of rotatable bonds is 4. The third-order valence-electron chi connectivity index (χ3n) is 4.34. The minimum absolute atomic E-state index is 0.0566. The van der Waals surface area contributed by atoms with Gasteiger partial charge in [0.15, 0.2) is 0 Å². The Bertz CT molecular complexity index is 824. The lowest BCUT2D eigenvalue weighted by molar-refractivity contribution is 0.0241. The molecule has 7 heteroatoms. The quantitative estimate of drug-likeness (QED) is 0.685. The minimum atomic E-state index is -0.245. The van der Waals surface area contributed by atoms with E-state index in [9.17, 15) is 9.90 Å². The topological polar surface area (TPSA) is 90.9 Å². The number of fused-ring (bicyclic) bond motifs is 1. The first-order valence-electron chi connectivity index (χ1n) is 7.53. The first kappa shape index (κ1) is 14.3. The van der Waals surface area contributed by atoms with Crippen molar-refractivity contribution in [3.63, 3.8) is 0 Å². The Hall–Kier alpha value is -2.25. The highest BCUT2D eigenvalue weighted by Gasteiger charge is 2.36. The van der Waals surface area contributed by atoms with Crippen LogP contribution in [0.2, 0.25) is 0 Å². The van der Waals surface area contributed by atoms with Crippen molar-refractivity contribution in [2.75, 3.05) is 0 Å². The zero-order valence-corrected chi connectivity index (χ0v) is 13.1. The molecule has 0 saturated heterocycles. The number of carbonyl (C=O) groups excluding carboxylic acids is 1. The lowest BCUT2D eigenvalue weighted by Gasteiger charge is -2.37. The zero-order valence-electron chi connectivity index (χ0n) is 12.3. The fraction of sp³-hybridized carbons (Fsp3) is 0.312. The maximum absolute atomic E-state index is 12.6. The van der Waals surface area contributed by atoms with Crippen LogP contribution in [0, 0.1) is 5.92 Å². The van der Waals surface area contributed by atoms with Crippen LogP contribution in [-0.4, -0.2) is 32.5 Å². The summed E-state index contributed by atoms with van der Waals surface area (Å²) < 4.78 is 0. The van der Waals surface area contributed by atoms with Gasteiger partial charge < -0.3 is 10.4 Å². The van der Waals surface area contributed by atoms with Gasteiger partial charge in [-0.25, -0.2) is 0 Å². The molecule has 0 unspecified atom stereocenters. The van der Waals surface area contributed by atoms with Gasteiger partial charge in [0.1, 0.15) is 11.0 Å². The van der Waals surface area contributed by atoms with E-state index in [-0.39, 0.29) is 24.0 Å². The lowest BCUT2D eigenvalue weighted by atomic mass is 9.76. The number of aromatic nitrogens is 3. The van der Waals surface area contributed by atoms with Crippen molar-refractivity contribution in [1.29, 1.82) is 0 Å². The Labute approximate surface area is 136 Å². The number of hydrogen-bond donors (Lipinski definition) is 3. The first-order chi connectivity index (χ1) is 11.2. The summed E-state index contributed by atoms with van der Waals surface area (Å²) in [5.41, 5.74) is 1.97. The number of nitrogens with one attached hydrogen (secondary N) is 2. The molecule has 0 radical (unpaired) electrons. The minimum Gasteiger partial charge on any atom is -0.393 e. The zero-order chi connectivity index (χ0) is 15.8. The predicted octanol–water partition coefficient (Wildman–Crippen LogP) is 2.26. The summed E-state index contributed by atoms with van der Waals surface area (Å²) in [4.78, 5) is 13.7.